The van der Waals surface area contributed by atoms with Crippen molar-refractivity contribution in [1.29, 1.82) is 0 Å². The van der Waals surface area contributed by atoms with Crippen molar-refractivity contribution in [2.24, 2.45) is 23.7 Å². The molecule has 1 aromatic carbocycles. The van der Waals surface area contributed by atoms with E-state index in [4.69, 9.17) is 25.8 Å². The van der Waals surface area contributed by atoms with E-state index in [1.54, 1.807) is 51.3 Å². The van der Waals surface area contributed by atoms with E-state index in [2.05, 4.69) is 10.6 Å². The van der Waals surface area contributed by atoms with E-state index < -0.39 is 96.3 Å². The summed E-state index contributed by atoms with van der Waals surface area (Å²) in [6, 6.07) is 2.31. The molecule has 6 rings (SSSR count). The number of thioether (sulfide) groups is 1. The number of carbonyl (C=O) groups is 7. The van der Waals surface area contributed by atoms with Gasteiger partial charge in [0.25, 0.3) is 0 Å². The average Bonchev–Trinajstić information content (AvgIpc) is 3.94. The molecule has 1 saturated carbocycles. The number of epoxide rings is 1. The van der Waals surface area contributed by atoms with Gasteiger partial charge in [-0.25, -0.2) is 9.59 Å². The van der Waals surface area contributed by atoms with E-state index in [1.165, 1.54) is 47.5 Å². The number of likely N-dealkylation sites (N-methyl/N-ethyl adjacent to an activating group) is 1. The highest BCUT2D eigenvalue weighted by atomic mass is 35.5. The number of nitrogens with one attached hydrogen (secondary N) is 2. The largest absolute Gasteiger partial charge is 0.457 e. The van der Waals surface area contributed by atoms with Gasteiger partial charge in [-0.2, -0.15) is 0 Å². The third-order valence-electron chi connectivity index (χ3n) is 14.5. The fourth-order valence-electron chi connectivity index (χ4n) is 9.82. The van der Waals surface area contributed by atoms with Crippen molar-refractivity contribution in [3.8, 4) is 0 Å². The highest BCUT2D eigenvalue weighted by molar-refractivity contribution is 8.00. The molecule has 9 atom stereocenters. The number of aliphatic hydroxyl groups is 3. The van der Waals surface area contributed by atoms with Gasteiger partial charge < -0.3 is 44.6 Å². The molecule has 0 radical (unpaired) electrons. The zero-order valence-corrected chi connectivity index (χ0v) is 41.4. The zero-order valence-electron chi connectivity index (χ0n) is 39.8. The van der Waals surface area contributed by atoms with E-state index in [0.717, 1.165) is 24.0 Å². The highest BCUT2D eigenvalue weighted by Gasteiger charge is 2.64. The second kappa shape index (κ2) is 22.0. The zero-order chi connectivity index (χ0) is 49.8. The standard InChI is InChI=1S/C48H66ClN5O13S.H2/c1-26-9-8-10-33(25-56)48(64)22-35(65-46(63)51-48)27(2)42-47(4,67-42)37(21-39(58)53(7)34-19-30(17-26)18-32(24-55)41(34)49)66-45(62)28(3)52(6)38(57)15-16-68-36-20-40(59)54(44(36)61)23-29-11-13-31(14-12-29)43(60)50-5;/h8-10,18-19,27-29,31,33,35-37,42,55-56,64H,11-17,20-25H2,1-7H3,(H,50,60)(H,51,63);1H/b10-8+,26-9+;/t27-,28+,29?,31?,33+,35+,36?,37?,42+,47+,48+;/m1./s1. The van der Waals surface area contributed by atoms with Crippen molar-refractivity contribution < 1.29 is 64.5 Å². The maximum Gasteiger partial charge on any atom is 0.409 e. The van der Waals surface area contributed by atoms with Crippen LogP contribution in [0, 0.1) is 23.7 Å². The number of carbonyl (C=O) groups excluding carboxylic acids is 7. The maximum atomic E-state index is 14.3. The SMILES string of the molecule is CNC(=O)C1CCC(CN2C(=O)CC(SCCC(=O)N(C)[C@@H](C)C(=O)OC3CC(=O)N(C)c4cc(cc(CO)c4Cl)C/C(C)=C/C=C/[C@@H](CO)[C@@]4(O)C[C@H](OC(=O)N4)[C@@H](C)[C@@H]4O[C@@]34C)C2=O)CC1.[HH]. The maximum absolute atomic E-state index is 14.3. The second-order valence-corrected chi connectivity index (χ2v) is 20.8. The summed E-state index contributed by atoms with van der Waals surface area (Å²) in [5.41, 5.74) is -0.980. The quantitative estimate of drug-likeness (QED) is 0.114. The summed E-state index contributed by atoms with van der Waals surface area (Å²) in [5.74, 6) is -3.61. The number of nitrogens with zero attached hydrogens (tertiary/aromatic N) is 3. The van der Waals surface area contributed by atoms with Crippen LogP contribution in [0.4, 0.5) is 10.5 Å². The number of amides is 6. The summed E-state index contributed by atoms with van der Waals surface area (Å²) in [5, 5.41) is 37.1. The topological polar surface area (TPSA) is 245 Å². The predicted octanol–water partition coefficient (Wildman–Crippen LogP) is 3.64. The molecule has 18 nitrogen and oxygen atoms in total. The van der Waals surface area contributed by atoms with Crippen LogP contribution in [0.2, 0.25) is 5.02 Å². The Labute approximate surface area is 407 Å². The first-order valence-electron chi connectivity index (χ1n) is 23.3. The molecule has 4 fully saturated rings. The fraction of sp³-hybridized carbons (Fsp3) is 0.646. The van der Waals surface area contributed by atoms with Gasteiger partial charge in [0.05, 0.1) is 41.7 Å². The van der Waals surface area contributed by atoms with Gasteiger partial charge in [-0.15, -0.1) is 11.8 Å². The van der Waals surface area contributed by atoms with Gasteiger partial charge in [0, 0.05) is 71.9 Å². The van der Waals surface area contributed by atoms with Gasteiger partial charge in [0.2, 0.25) is 29.5 Å². The normalized spacial score (nSPS) is 32.8. The van der Waals surface area contributed by atoms with Crippen LogP contribution in [0.1, 0.15) is 91.6 Å². The molecule has 4 aliphatic heterocycles. The van der Waals surface area contributed by atoms with Crippen molar-refractivity contribution in [1.82, 2.24) is 20.4 Å². The first-order chi connectivity index (χ1) is 32.1. The number of aliphatic hydroxyl groups excluding tert-OH is 2. The predicted molar refractivity (Wildman–Crippen MR) is 254 cm³/mol. The molecular weight excluding hydrogens is 922 g/mol. The minimum absolute atomic E-state index is 0. The van der Waals surface area contributed by atoms with Gasteiger partial charge in [-0.1, -0.05) is 48.4 Å². The number of anilines is 1. The molecule has 4 heterocycles. The number of hydrogen-bond acceptors (Lipinski definition) is 14. The lowest BCUT2D eigenvalue weighted by Gasteiger charge is -2.42. The summed E-state index contributed by atoms with van der Waals surface area (Å²) in [6.45, 7) is 6.14. The number of allylic oxidation sites excluding steroid dienone is 3. The van der Waals surface area contributed by atoms with Gasteiger partial charge in [0.1, 0.15) is 23.9 Å². The molecule has 1 aliphatic carbocycles. The average molecular weight is 991 g/mol. The number of likely N-dealkylation sites (tertiary alicyclic amines) is 1. The Bertz CT molecular complexity index is 2190. The number of ether oxygens (including phenoxy) is 3. The summed E-state index contributed by atoms with van der Waals surface area (Å²) in [4.78, 5) is 97.0. The van der Waals surface area contributed by atoms with Crippen molar-refractivity contribution in [2.45, 2.75) is 133 Å². The van der Waals surface area contributed by atoms with Crippen LogP contribution in [0.3, 0.4) is 0 Å². The minimum atomic E-state index is -1.91. The molecule has 2 unspecified atom stereocenters. The second-order valence-electron chi connectivity index (χ2n) is 19.1. The Balaban J connectivity index is 0.00000888. The van der Waals surface area contributed by atoms with Crippen molar-refractivity contribution in [3.05, 3.63) is 52.1 Å². The van der Waals surface area contributed by atoms with Gasteiger partial charge in [-0.05, 0) is 76.0 Å². The Hall–Kier alpha value is -4.53. The number of fused-ring (bicyclic) bond motifs is 5. The molecule has 3 saturated heterocycles. The number of imide groups is 1. The summed E-state index contributed by atoms with van der Waals surface area (Å²) < 4.78 is 18.1. The van der Waals surface area contributed by atoms with Crippen LogP contribution in [-0.2, 0) is 56.0 Å². The van der Waals surface area contributed by atoms with Crippen LogP contribution in [0.25, 0.3) is 0 Å². The number of alkyl carbamates (subject to hydrolysis) is 1. The van der Waals surface area contributed by atoms with Gasteiger partial charge in [0.15, 0.2) is 5.72 Å². The Morgan fingerprint density at radius 2 is 1.82 bits per heavy atom. The smallest absolute Gasteiger partial charge is 0.409 e. The Kier molecular flexibility index (Phi) is 17.1. The van der Waals surface area contributed by atoms with E-state index >= 15 is 0 Å². The molecule has 0 aromatic heterocycles. The molecule has 6 amide bonds. The molecule has 5 aliphatic rings. The number of esters is 1. The van der Waals surface area contributed by atoms with Crippen molar-refractivity contribution in [3.63, 3.8) is 0 Å². The summed E-state index contributed by atoms with van der Waals surface area (Å²) >= 11 is 7.98. The first kappa shape index (κ1) is 52.8. The van der Waals surface area contributed by atoms with Gasteiger partial charge >= 0.3 is 12.1 Å². The van der Waals surface area contributed by atoms with Crippen LogP contribution in [0.15, 0.2) is 35.9 Å². The van der Waals surface area contributed by atoms with E-state index in [1.807, 2.05) is 6.92 Å². The monoisotopic (exact) mass is 989 g/mol. The minimum Gasteiger partial charge on any atom is -0.457 e. The lowest BCUT2D eigenvalue weighted by Crippen LogP contribution is -2.62. The lowest BCUT2D eigenvalue weighted by molar-refractivity contribution is -0.162. The fourth-order valence-corrected chi connectivity index (χ4v) is 11.2. The molecule has 68 heavy (non-hydrogen) atoms. The third-order valence-corrected chi connectivity index (χ3v) is 16.1. The van der Waals surface area contributed by atoms with Crippen LogP contribution in [-0.4, -0.2) is 148 Å². The molecule has 376 valence electrons. The number of rotatable bonds is 12. The molecule has 1 aromatic rings. The van der Waals surface area contributed by atoms with Crippen LogP contribution >= 0.6 is 23.4 Å². The molecule has 5 N–H and O–H groups in total. The van der Waals surface area contributed by atoms with E-state index in [9.17, 15) is 48.9 Å². The number of hydrogen-bond donors (Lipinski definition) is 5. The van der Waals surface area contributed by atoms with Crippen molar-refractivity contribution in [2.75, 3.05) is 44.9 Å². The Morgan fingerprint density at radius 3 is 2.49 bits per heavy atom. The molecule has 0 spiro atoms. The van der Waals surface area contributed by atoms with Crippen molar-refractivity contribution >= 4 is 70.6 Å². The number of benzene rings is 1. The summed E-state index contributed by atoms with van der Waals surface area (Å²) in [7, 11) is 4.58. The van der Waals surface area contributed by atoms with Crippen LogP contribution < -0.4 is 15.5 Å². The van der Waals surface area contributed by atoms with Gasteiger partial charge in [-0.3, -0.25) is 34.2 Å². The lowest BCUT2D eigenvalue weighted by atomic mass is 9.81. The Morgan fingerprint density at radius 1 is 1.12 bits per heavy atom. The number of halogens is 1. The summed E-state index contributed by atoms with van der Waals surface area (Å²) in [6.07, 6.45) is 3.89. The molecule has 20 heteroatoms. The van der Waals surface area contributed by atoms with E-state index in [0.29, 0.717) is 37.1 Å². The third kappa shape index (κ3) is 11.7. The molecule has 4 bridgehead atoms. The van der Waals surface area contributed by atoms with Crippen LogP contribution in [0.5, 0.6) is 0 Å². The van der Waals surface area contributed by atoms with E-state index in [-0.39, 0.29) is 61.0 Å². The highest BCUT2D eigenvalue weighted by Crippen LogP contribution is 2.49. The first-order valence-corrected chi connectivity index (χ1v) is 24.7. The molecular formula is C48H68ClN5O13S.